The van der Waals surface area contributed by atoms with E-state index in [1.54, 1.807) is 6.20 Å². The minimum absolute atomic E-state index is 0.0805. The number of benzene rings is 1. The summed E-state index contributed by atoms with van der Waals surface area (Å²) in [7, 11) is 0. The number of carbonyl (C=O) groups excluding carboxylic acids is 1. The van der Waals surface area contributed by atoms with Crippen molar-refractivity contribution >= 4 is 11.6 Å². The summed E-state index contributed by atoms with van der Waals surface area (Å²) in [6.45, 7) is 4.06. The lowest BCUT2D eigenvalue weighted by molar-refractivity contribution is -0.115. The van der Waals surface area contributed by atoms with Gasteiger partial charge in [-0.25, -0.2) is 9.37 Å². The molecule has 3 aromatic rings. The first-order valence-corrected chi connectivity index (χ1v) is 8.01. The highest BCUT2D eigenvalue weighted by molar-refractivity contribution is 5.92. The molecule has 6 heteroatoms. The molecule has 25 heavy (non-hydrogen) atoms. The molecule has 1 atom stereocenters. The number of amides is 1. The topological polar surface area (TPSA) is 59.8 Å². The van der Waals surface area contributed by atoms with E-state index >= 15 is 0 Å². The van der Waals surface area contributed by atoms with Crippen LogP contribution < -0.4 is 5.32 Å². The zero-order valence-electron chi connectivity index (χ0n) is 14.1. The monoisotopic (exact) mass is 338 g/mol. The lowest BCUT2D eigenvalue weighted by Gasteiger charge is -2.16. The van der Waals surface area contributed by atoms with Gasteiger partial charge in [0.2, 0.25) is 5.91 Å². The number of imidazole rings is 1. The number of hydrogen-bond acceptors (Lipinski definition) is 3. The second-order valence-corrected chi connectivity index (χ2v) is 5.92. The lowest BCUT2D eigenvalue weighted by atomic mass is 10.1. The van der Waals surface area contributed by atoms with Crippen molar-refractivity contribution < 1.29 is 9.18 Å². The number of pyridine rings is 1. The van der Waals surface area contributed by atoms with E-state index in [0.717, 1.165) is 17.6 Å². The molecule has 0 aliphatic carbocycles. The minimum atomic E-state index is -0.446. The van der Waals surface area contributed by atoms with Crippen LogP contribution in [0.25, 0.3) is 0 Å². The Labute approximate surface area is 145 Å². The summed E-state index contributed by atoms with van der Waals surface area (Å²) in [4.78, 5) is 20.1. The van der Waals surface area contributed by atoms with Gasteiger partial charge in [-0.05, 0) is 43.2 Å². The number of nitrogens with one attached hydrogen (secondary N) is 1. The Kier molecular flexibility index (Phi) is 4.88. The molecule has 5 nitrogen and oxygen atoms in total. The number of aryl methyl sites for hydroxylation is 1. The van der Waals surface area contributed by atoms with Crippen molar-refractivity contribution in [3.05, 3.63) is 77.9 Å². The fraction of sp³-hybridized carbons (Fsp3) is 0.211. The van der Waals surface area contributed by atoms with Gasteiger partial charge in [-0.3, -0.25) is 9.78 Å². The molecule has 2 heterocycles. The highest BCUT2D eigenvalue weighted by Crippen LogP contribution is 2.21. The second kappa shape index (κ2) is 7.25. The number of rotatable bonds is 5. The maximum atomic E-state index is 13.1. The van der Waals surface area contributed by atoms with E-state index in [2.05, 4.69) is 26.8 Å². The maximum absolute atomic E-state index is 13.1. The number of hydrogen-bond donors (Lipinski definition) is 1. The van der Waals surface area contributed by atoms with Gasteiger partial charge in [0, 0.05) is 24.3 Å². The molecule has 0 aliphatic heterocycles. The predicted molar refractivity (Wildman–Crippen MR) is 93.7 cm³/mol. The molecule has 0 radical (unpaired) electrons. The average molecular weight is 338 g/mol. The van der Waals surface area contributed by atoms with Gasteiger partial charge in [0.25, 0.3) is 0 Å². The van der Waals surface area contributed by atoms with E-state index in [9.17, 15) is 9.18 Å². The van der Waals surface area contributed by atoms with E-state index in [1.165, 1.54) is 12.3 Å². The molecule has 0 saturated heterocycles. The minimum Gasteiger partial charge on any atom is -0.328 e. The molecule has 1 N–H and O–H groups in total. The molecule has 0 saturated carbocycles. The van der Waals surface area contributed by atoms with Crippen LogP contribution in [0.3, 0.4) is 0 Å². The third-order valence-corrected chi connectivity index (χ3v) is 4.08. The first-order valence-electron chi connectivity index (χ1n) is 8.01. The standard InChI is InChI=1S/C19H19FN4O/c1-13(24-8-7-22-14(24)2)16-3-5-18(6-4-16)23-19(25)10-15-9-17(20)12-21-11-15/h3-9,11-13H,10H2,1-2H3,(H,23,25)/t13-/m0/s1. The summed E-state index contributed by atoms with van der Waals surface area (Å²) < 4.78 is 15.2. The summed E-state index contributed by atoms with van der Waals surface area (Å²) in [6, 6.07) is 9.14. The van der Waals surface area contributed by atoms with Gasteiger partial charge in [0.1, 0.15) is 11.6 Å². The Balaban J connectivity index is 1.64. The average Bonchev–Trinajstić information content (AvgIpc) is 3.01. The Bertz CT molecular complexity index is 873. The summed E-state index contributed by atoms with van der Waals surface area (Å²) in [5.41, 5.74) is 2.36. The SMILES string of the molecule is Cc1nccn1[C@@H](C)c1ccc(NC(=O)Cc2cncc(F)c2)cc1. The van der Waals surface area contributed by atoms with Crippen LogP contribution in [-0.4, -0.2) is 20.4 Å². The van der Waals surface area contributed by atoms with Crippen molar-refractivity contribution in [2.24, 2.45) is 0 Å². The molecular weight excluding hydrogens is 319 g/mol. The molecular formula is C19H19FN4O. The van der Waals surface area contributed by atoms with Gasteiger partial charge in [-0.15, -0.1) is 0 Å². The fourth-order valence-corrected chi connectivity index (χ4v) is 2.75. The van der Waals surface area contributed by atoms with Gasteiger partial charge in [0.15, 0.2) is 0 Å². The van der Waals surface area contributed by atoms with E-state index in [1.807, 2.05) is 37.4 Å². The highest BCUT2D eigenvalue weighted by Gasteiger charge is 2.10. The zero-order chi connectivity index (χ0) is 17.8. The van der Waals surface area contributed by atoms with E-state index in [-0.39, 0.29) is 18.4 Å². The van der Waals surface area contributed by atoms with Gasteiger partial charge >= 0.3 is 0 Å². The van der Waals surface area contributed by atoms with Crippen molar-refractivity contribution in [1.82, 2.24) is 14.5 Å². The van der Waals surface area contributed by atoms with E-state index < -0.39 is 5.82 Å². The van der Waals surface area contributed by atoms with Gasteiger partial charge in [0.05, 0.1) is 18.7 Å². The van der Waals surface area contributed by atoms with Crippen LogP contribution in [0, 0.1) is 12.7 Å². The van der Waals surface area contributed by atoms with Crippen molar-refractivity contribution in [1.29, 1.82) is 0 Å². The van der Waals surface area contributed by atoms with Crippen LogP contribution in [0.4, 0.5) is 10.1 Å². The Hall–Kier alpha value is -3.02. The molecule has 0 unspecified atom stereocenters. The van der Waals surface area contributed by atoms with Crippen LogP contribution in [0.15, 0.2) is 55.1 Å². The van der Waals surface area contributed by atoms with Gasteiger partial charge < -0.3 is 9.88 Å². The number of aromatic nitrogens is 3. The molecule has 0 spiro atoms. The first kappa shape index (κ1) is 16.8. The second-order valence-electron chi connectivity index (χ2n) is 5.92. The molecule has 1 amide bonds. The zero-order valence-corrected chi connectivity index (χ0v) is 14.1. The van der Waals surface area contributed by atoms with Crippen LogP contribution >= 0.6 is 0 Å². The molecule has 3 rings (SSSR count). The smallest absolute Gasteiger partial charge is 0.228 e. The third-order valence-electron chi connectivity index (χ3n) is 4.08. The molecule has 0 aliphatic rings. The predicted octanol–water partition coefficient (Wildman–Crippen LogP) is 3.52. The van der Waals surface area contributed by atoms with Gasteiger partial charge in [-0.2, -0.15) is 0 Å². The Morgan fingerprint density at radius 1 is 1.28 bits per heavy atom. The molecule has 0 fully saturated rings. The van der Waals surface area contributed by atoms with Crippen molar-refractivity contribution in [3.8, 4) is 0 Å². The summed E-state index contributed by atoms with van der Waals surface area (Å²) >= 11 is 0. The van der Waals surface area contributed by atoms with Crippen molar-refractivity contribution in [2.75, 3.05) is 5.32 Å². The number of nitrogens with zero attached hydrogens (tertiary/aromatic N) is 3. The summed E-state index contributed by atoms with van der Waals surface area (Å²) in [6.07, 6.45) is 6.41. The van der Waals surface area contributed by atoms with Crippen LogP contribution in [0.5, 0.6) is 0 Å². The summed E-state index contributed by atoms with van der Waals surface area (Å²) in [5.74, 6) is 0.297. The third kappa shape index (κ3) is 4.09. The van der Waals surface area contributed by atoms with Crippen molar-refractivity contribution in [3.63, 3.8) is 0 Å². The van der Waals surface area contributed by atoms with E-state index in [4.69, 9.17) is 0 Å². The highest BCUT2D eigenvalue weighted by atomic mass is 19.1. The summed E-state index contributed by atoms with van der Waals surface area (Å²) in [5, 5.41) is 2.81. The van der Waals surface area contributed by atoms with Crippen LogP contribution in [-0.2, 0) is 11.2 Å². The van der Waals surface area contributed by atoms with E-state index in [0.29, 0.717) is 11.3 Å². The van der Waals surface area contributed by atoms with Crippen molar-refractivity contribution in [2.45, 2.75) is 26.3 Å². The van der Waals surface area contributed by atoms with Gasteiger partial charge in [-0.1, -0.05) is 12.1 Å². The normalized spacial score (nSPS) is 12.0. The number of carbonyl (C=O) groups is 1. The quantitative estimate of drug-likeness (QED) is 0.774. The van der Waals surface area contributed by atoms with Crippen LogP contribution in [0.1, 0.15) is 29.9 Å². The van der Waals surface area contributed by atoms with Crippen LogP contribution in [0.2, 0.25) is 0 Å². The number of anilines is 1. The number of halogens is 1. The molecule has 2 aromatic heterocycles. The molecule has 0 bridgehead atoms. The first-order chi connectivity index (χ1) is 12.0. The maximum Gasteiger partial charge on any atom is 0.228 e. The largest absolute Gasteiger partial charge is 0.328 e. The fourth-order valence-electron chi connectivity index (χ4n) is 2.75. The molecule has 128 valence electrons. The lowest BCUT2D eigenvalue weighted by Crippen LogP contribution is -2.15. The Morgan fingerprint density at radius 3 is 2.68 bits per heavy atom. The molecule has 1 aromatic carbocycles. The Morgan fingerprint density at radius 2 is 2.04 bits per heavy atom.